The molecule has 1 amide bonds. The zero-order valence-corrected chi connectivity index (χ0v) is 14.7. The molecule has 0 spiro atoms. The van der Waals surface area contributed by atoms with Gasteiger partial charge >= 0.3 is 0 Å². The van der Waals surface area contributed by atoms with Crippen molar-refractivity contribution in [3.63, 3.8) is 0 Å². The Kier molecular flexibility index (Phi) is 7.00. The molecule has 2 aromatic rings. The van der Waals surface area contributed by atoms with Crippen molar-refractivity contribution < 1.29 is 4.79 Å². The van der Waals surface area contributed by atoms with Crippen LogP contribution in [0.25, 0.3) is 0 Å². The van der Waals surface area contributed by atoms with Gasteiger partial charge in [-0.25, -0.2) is 4.98 Å². The first kappa shape index (κ1) is 19.4. The van der Waals surface area contributed by atoms with Crippen molar-refractivity contribution in [1.82, 2.24) is 20.1 Å². The summed E-state index contributed by atoms with van der Waals surface area (Å²) in [5.74, 6) is 0.670. The van der Waals surface area contributed by atoms with Gasteiger partial charge < -0.3 is 10.6 Å². The second-order valence-corrected chi connectivity index (χ2v) is 5.53. The van der Waals surface area contributed by atoms with E-state index in [4.69, 9.17) is 0 Å². The van der Waals surface area contributed by atoms with E-state index < -0.39 is 0 Å². The molecule has 0 aliphatic carbocycles. The minimum absolute atomic E-state index is 0. The van der Waals surface area contributed by atoms with Crippen molar-refractivity contribution in [3.8, 4) is 0 Å². The molecular weight excluding hydrogens is 337 g/mol. The number of nitrogens with zero attached hydrogens (tertiary/aromatic N) is 3. The van der Waals surface area contributed by atoms with Gasteiger partial charge in [-0.3, -0.25) is 9.48 Å². The van der Waals surface area contributed by atoms with Crippen molar-refractivity contribution in [2.45, 2.75) is 12.8 Å². The Morgan fingerprint density at radius 1 is 1.39 bits per heavy atom. The Balaban J connectivity index is 0.00000132. The van der Waals surface area contributed by atoms with Crippen molar-refractivity contribution in [3.05, 3.63) is 41.9 Å². The molecule has 6 nitrogen and oxygen atoms in total. The maximum atomic E-state index is 12.5. The predicted molar refractivity (Wildman–Crippen MR) is 94.4 cm³/mol. The first-order valence-corrected chi connectivity index (χ1v) is 7.06. The number of aromatic nitrogens is 3. The van der Waals surface area contributed by atoms with E-state index in [9.17, 15) is 4.79 Å². The van der Waals surface area contributed by atoms with Gasteiger partial charge in [0, 0.05) is 38.4 Å². The van der Waals surface area contributed by atoms with Crippen LogP contribution in [-0.4, -0.2) is 33.8 Å². The van der Waals surface area contributed by atoms with Gasteiger partial charge in [-0.2, -0.15) is 5.10 Å². The molecule has 0 saturated carbocycles. The van der Waals surface area contributed by atoms with Crippen LogP contribution in [0.3, 0.4) is 0 Å². The second-order valence-electron chi connectivity index (χ2n) is 5.53. The van der Waals surface area contributed by atoms with Crippen LogP contribution in [0.4, 0.5) is 5.82 Å². The molecule has 2 atom stereocenters. The van der Waals surface area contributed by atoms with Crippen LogP contribution < -0.4 is 10.6 Å². The third-order valence-corrected chi connectivity index (χ3v) is 3.87. The fraction of sp³-hybridized carbons (Fsp3) is 0.400. The third-order valence-electron chi connectivity index (χ3n) is 3.87. The lowest BCUT2D eigenvalue weighted by Crippen LogP contribution is -2.28. The topological polar surface area (TPSA) is 71.8 Å². The third kappa shape index (κ3) is 4.43. The Labute approximate surface area is 147 Å². The molecule has 23 heavy (non-hydrogen) atoms. The molecular formula is C15H21Cl2N5O. The average molecular weight is 358 g/mol. The molecule has 0 aromatic carbocycles. The number of halogens is 2. The Hall–Kier alpha value is -1.63. The quantitative estimate of drug-likeness (QED) is 0.879. The summed E-state index contributed by atoms with van der Waals surface area (Å²) >= 11 is 0. The molecule has 3 heterocycles. The van der Waals surface area contributed by atoms with E-state index in [1.807, 2.05) is 38.5 Å². The van der Waals surface area contributed by atoms with Crippen molar-refractivity contribution in [2.24, 2.45) is 13.0 Å². The number of carbonyl (C=O) groups is 1. The van der Waals surface area contributed by atoms with Crippen LogP contribution in [0, 0.1) is 12.8 Å². The highest BCUT2D eigenvalue weighted by Crippen LogP contribution is 2.28. The summed E-state index contributed by atoms with van der Waals surface area (Å²) in [6.45, 7) is 3.45. The molecule has 1 saturated heterocycles. The maximum absolute atomic E-state index is 12.5. The van der Waals surface area contributed by atoms with Crippen molar-refractivity contribution in [1.29, 1.82) is 0 Å². The molecule has 0 unspecified atom stereocenters. The summed E-state index contributed by atoms with van der Waals surface area (Å²) in [7, 11) is 1.89. The van der Waals surface area contributed by atoms with Crippen LogP contribution in [0.5, 0.6) is 0 Å². The molecule has 2 aromatic heterocycles. The highest BCUT2D eigenvalue weighted by Gasteiger charge is 2.34. The lowest BCUT2D eigenvalue weighted by Gasteiger charge is -2.16. The number of anilines is 1. The standard InChI is InChI=1S/C15H19N5O.2ClH/c1-10-3-4-17-14(5-10)19-15(21)13-8-16-7-12(13)11-6-18-20(2)9-11;;/h3-6,9,12-13,16H,7-8H2,1-2H3,(H,17,19,21);2*1H/t12-,13+;;/m1../s1. The van der Waals surface area contributed by atoms with E-state index in [0.29, 0.717) is 12.4 Å². The zero-order valence-electron chi connectivity index (χ0n) is 13.0. The maximum Gasteiger partial charge on any atom is 0.230 e. The van der Waals surface area contributed by atoms with Crippen LogP contribution in [0.15, 0.2) is 30.7 Å². The first-order valence-electron chi connectivity index (χ1n) is 7.06. The van der Waals surface area contributed by atoms with Gasteiger partial charge in [0.15, 0.2) is 0 Å². The monoisotopic (exact) mass is 357 g/mol. The normalized spacial score (nSPS) is 19.6. The van der Waals surface area contributed by atoms with Crippen LogP contribution in [0.1, 0.15) is 17.0 Å². The SMILES string of the molecule is Cc1ccnc(NC(=O)[C@H]2CNC[C@@H]2c2cnn(C)c2)c1.Cl.Cl. The summed E-state index contributed by atoms with van der Waals surface area (Å²) in [4.78, 5) is 16.7. The zero-order chi connectivity index (χ0) is 14.8. The predicted octanol–water partition coefficient (Wildman–Crippen LogP) is 1.91. The number of hydrogen-bond acceptors (Lipinski definition) is 4. The molecule has 0 radical (unpaired) electrons. The number of carbonyl (C=O) groups excluding carboxylic acids is 1. The highest BCUT2D eigenvalue weighted by atomic mass is 35.5. The smallest absolute Gasteiger partial charge is 0.230 e. The van der Waals surface area contributed by atoms with E-state index >= 15 is 0 Å². The minimum atomic E-state index is -0.100. The summed E-state index contributed by atoms with van der Waals surface area (Å²) in [5.41, 5.74) is 2.17. The van der Waals surface area contributed by atoms with Crippen molar-refractivity contribution in [2.75, 3.05) is 18.4 Å². The van der Waals surface area contributed by atoms with E-state index in [0.717, 1.165) is 17.7 Å². The number of aryl methyl sites for hydroxylation is 2. The van der Waals surface area contributed by atoms with E-state index in [-0.39, 0.29) is 42.6 Å². The Morgan fingerprint density at radius 2 is 2.17 bits per heavy atom. The molecule has 1 aliphatic heterocycles. The Morgan fingerprint density at radius 3 is 2.83 bits per heavy atom. The lowest BCUT2D eigenvalue weighted by molar-refractivity contribution is -0.119. The van der Waals surface area contributed by atoms with Gasteiger partial charge in [0.2, 0.25) is 5.91 Å². The number of amides is 1. The fourth-order valence-electron chi connectivity index (χ4n) is 2.76. The molecule has 2 N–H and O–H groups in total. The summed E-state index contributed by atoms with van der Waals surface area (Å²) < 4.78 is 1.77. The van der Waals surface area contributed by atoms with E-state index in [1.54, 1.807) is 10.9 Å². The summed E-state index contributed by atoms with van der Waals surface area (Å²) in [6, 6.07) is 3.78. The fourth-order valence-corrected chi connectivity index (χ4v) is 2.76. The molecule has 1 aliphatic rings. The minimum Gasteiger partial charge on any atom is -0.315 e. The summed E-state index contributed by atoms with van der Waals surface area (Å²) in [5, 5.41) is 10.4. The van der Waals surface area contributed by atoms with Gasteiger partial charge in [0.05, 0.1) is 12.1 Å². The first-order chi connectivity index (χ1) is 10.1. The Bertz CT molecular complexity index is 661. The molecule has 126 valence electrons. The van der Waals surface area contributed by atoms with Gasteiger partial charge in [0.25, 0.3) is 0 Å². The van der Waals surface area contributed by atoms with Crippen molar-refractivity contribution >= 4 is 36.5 Å². The van der Waals surface area contributed by atoms with E-state index in [1.165, 1.54) is 0 Å². The molecule has 1 fully saturated rings. The van der Waals surface area contributed by atoms with E-state index in [2.05, 4.69) is 20.7 Å². The average Bonchev–Trinajstić information content (AvgIpc) is 3.06. The number of hydrogen-bond donors (Lipinski definition) is 2. The van der Waals surface area contributed by atoms with Crippen LogP contribution in [-0.2, 0) is 11.8 Å². The molecule has 3 rings (SSSR count). The van der Waals surface area contributed by atoms with Crippen LogP contribution in [0.2, 0.25) is 0 Å². The largest absolute Gasteiger partial charge is 0.315 e. The van der Waals surface area contributed by atoms with Gasteiger partial charge in [0.1, 0.15) is 5.82 Å². The number of pyridine rings is 1. The van der Waals surface area contributed by atoms with Gasteiger partial charge in [-0.05, 0) is 30.2 Å². The van der Waals surface area contributed by atoms with Gasteiger partial charge in [-0.1, -0.05) is 0 Å². The second kappa shape index (κ2) is 8.29. The molecule has 0 bridgehead atoms. The summed E-state index contributed by atoms with van der Waals surface area (Å²) in [6.07, 6.45) is 5.52. The lowest BCUT2D eigenvalue weighted by atomic mass is 9.90. The number of rotatable bonds is 3. The van der Waals surface area contributed by atoms with Crippen LogP contribution >= 0.6 is 24.8 Å². The molecule has 8 heteroatoms. The highest BCUT2D eigenvalue weighted by molar-refractivity contribution is 5.92. The number of nitrogens with one attached hydrogen (secondary N) is 2. The van der Waals surface area contributed by atoms with Gasteiger partial charge in [-0.15, -0.1) is 24.8 Å².